The number of nitrogens with one attached hydrogen (secondary N) is 1. The molecular formula is C16H14FNO. The van der Waals surface area contributed by atoms with Crippen LogP contribution in [-0.2, 0) is 11.2 Å². The smallest absolute Gasteiger partial charge is 0.232 e. The molecule has 1 atom stereocenters. The van der Waals surface area contributed by atoms with Crippen LogP contribution in [0.3, 0.4) is 0 Å². The van der Waals surface area contributed by atoms with E-state index in [2.05, 4.69) is 5.32 Å². The van der Waals surface area contributed by atoms with Gasteiger partial charge >= 0.3 is 0 Å². The van der Waals surface area contributed by atoms with Crippen molar-refractivity contribution in [1.82, 2.24) is 0 Å². The summed E-state index contributed by atoms with van der Waals surface area (Å²) < 4.78 is 12.9. The molecular weight excluding hydrogens is 241 g/mol. The average molecular weight is 255 g/mol. The number of carbonyl (C=O) groups is 1. The fraction of sp³-hybridized carbons (Fsp3) is 0.188. The summed E-state index contributed by atoms with van der Waals surface area (Å²) in [4.78, 5) is 12.1. The second kappa shape index (κ2) is 4.50. The van der Waals surface area contributed by atoms with Crippen molar-refractivity contribution in [2.45, 2.75) is 19.3 Å². The van der Waals surface area contributed by atoms with Crippen LogP contribution in [0.25, 0.3) is 0 Å². The highest BCUT2D eigenvalue weighted by atomic mass is 19.1. The Kier molecular flexibility index (Phi) is 2.82. The second-order valence-corrected chi connectivity index (χ2v) is 4.91. The Morgan fingerprint density at radius 1 is 1.16 bits per heavy atom. The lowest BCUT2D eigenvalue weighted by molar-refractivity contribution is -0.117. The van der Waals surface area contributed by atoms with Crippen molar-refractivity contribution < 1.29 is 9.18 Å². The maximum Gasteiger partial charge on any atom is 0.232 e. The number of rotatable bonds is 2. The first-order valence-electron chi connectivity index (χ1n) is 6.30. The molecule has 0 spiro atoms. The zero-order valence-electron chi connectivity index (χ0n) is 10.6. The van der Waals surface area contributed by atoms with Gasteiger partial charge in [0, 0.05) is 5.69 Å². The molecule has 0 saturated heterocycles. The van der Waals surface area contributed by atoms with Crippen LogP contribution < -0.4 is 5.32 Å². The molecule has 2 aromatic rings. The summed E-state index contributed by atoms with van der Waals surface area (Å²) >= 11 is 0. The molecule has 0 saturated carbocycles. The minimum Gasteiger partial charge on any atom is -0.325 e. The first-order valence-corrected chi connectivity index (χ1v) is 6.30. The van der Waals surface area contributed by atoms with Crippen LogP contribution in [0.2, 0.25) is 0 Å². The summed E-state index contributed by atoms with van der Waals surface area (Å²) in [6.45, 7) is 1.99. The molecule has 0 fully saturated rings. The Morgan fingerprint density at radius 2 is 1.89 bits per heavy atom. The molecule has 1 unspecified atom stereocenters. The van der Waals surface area contributed by atoms with Gasteiger partial charge in [-0.1, -0.05) is 30.3 Å². The predicted octanol–water partition coefficient (Wildman–Crippen LogP) is 3.41. The minimum absolute atomic E-state index is 0.0219. The van der Waals surface area contributed by atoms with E-state index in [1.165, 1.54) is 12.1 Å². The molecule has 0 radical (unpaired) electrons. The fourth-order valence-electron chi connectivity index (χ4n) is 2.56. The quantitative estimate of drug-likeness (QED) is 0.875. The molecule has 0 aliphatic carbocycles. The van der Waals surface area contributed by atoms with Gasteiger partial charge in [0.1, 0.15) is 5.82 Å². The maximum atomic E-state index is 12.9. The third-order valence-corrected chi connectivity index (χ3v) is 3.60. The first kappa shape index (κ1) is 11.9. The molecule has 0 aromatic heterocycles. The van der Waals surface area contributed by atoms with Crippen molar-refractivity contribution in [2.24, 2.45) is 0 Å². The largest absolute Gasteiger partial charge is 0.325 e. The molecule has 96 valence electrons. The van der Waals surface area contributed by atoms with Crippen molar-refractivity contribution in [3.8, 4) is 0 Å². The van der Waals surface area contributed by atoms with Crippen LogP contribution in [-0.4, -0.2) is 5.91 Å². The number of para-hydroxylation sites is 1. The normalized spacial score (nSPS) is 17.2. The highest BCUT2D eigenvalue weighted by molar-refractivity contribution is 6.03. The van der Waals surface area contributed by atoms with Gasteiger partial charge in [0.25, 0.3) is 0 Å². The zero-order chi connectivity index (χ0) is 13.4. The summed E-state index contributed by atoms with van der Waals surface area (Å²) in [6.07, 6.45) is 0.600. The van der Waals surface area contributed by atoms with Gasteiger partial charge in [-0.25, -0.2) is 4.39 Å². The monoisotopic (exact) mass is 255 g/mol. The number of halogens is 1. The van der Waals surface area contributed by atoms with E-state index in [4.69, 9.17) is 0 Å². The van der Waals surface area contributed by atoms with E-state index in [1.54, 1.807) is 12.1 Å². The third kappa shape index (κ3) is 2.12. The molecule has 0 bridgehead atoms. The molecule has 1 N–H and O–H groups in total. The number of anilines is 1. The number of benzene rings is 2. The lowest BCUT2D eigenvalue weighted by Gasteiger charge is -2.09. The second-order valence-electron chi connectivity index (χ2n) is 4.91. The summed E-state index contributed by atoms with van der Waals surface area (Å²) in [5, 5.41) is 2.93. The van der Waals surface area contributed by atoms with E-state index in [-0.39, 0.29) is 17.6 Å². The van der Waals surface area contributed by atoms with Gasteiger partial charge in [-0.2, -0.15) is 0 Å². The SMILES string of the molecule is Cc1cccc2c1NC(=O)C2Cc1ccc(F)cc1. The van der Waals surface area contributed by atoms with Gasteiger partial charge in [0.05, 0.1) is 5.92 Å². The average Bonchev–Trinajstić information content (AvgIpc) is 2.71. The van der Waals surface area contributed by atoms with Crippen LogP contribution >= 0.6 is 0 Å². The highest BCUT2D eigenvalue weighted by Crippen LogP contribution is 2.36. The fourth-order valence-corrected chi connectivity index (χ4v) is 2.56. The Morgan fingerprint density at radius 3 is 2.63 bits per heavy atom. The van der Waals surface area contributed by atoms with Crippen LogP contribution in [0, 0.1) is 12.7 Å². The Labute approximate surface area is 111 Å². The molecule has 1 heterocycles. The molecule has 1 aliphatic heterocycles. The summed E-state index contributed by atoms with van der Waals surface area (Å²) in [7, 11) is 0. The van der Waals surface area contributed by atoms with Gasteiger partial charge in [0.2, 0.25) is 5.91 Å². The van der Waals surface area contributed by atoms with E-state index in [0.717, 1.165) is 22.4 Å². The number of carbonyl (C=O) groups excluding carboxylic acids is 1. The lowest BCUT2D eigenvalue weighted by Crippen LogP contribution is -2.14. The molecule has 2 nitrogen and oxygen atoms in total. The third-order valence-electron chi connectivity index (χ3n) is 3.60. The number of aryl methyl sites for hydroxylation is 1. The molecule has 3 heteroatoms. The Balaban J connectivity index is 1.92. The van der Waals surface area contributed by atoms with E-state index in [9.17, 15) is 9.18 Å². The first-order chi connectivity index (χ1) is 9.15. The molecule has 1 amide bonds. The van der Waals surface area contributed by atoms with Gasteiger partial charge in [-0.05, 0) is 42.2 Å². The van der Waals surface area contributed by atoms with Crippen molar-refractivity contribution in [1.29, 1.82) is 0 Å². The van der Waals surface area contributed by atoms with E-state index in [0.29, 0.717) is 6.42 Å². The molecule has 3 rings (SSSR count). The van der Waals surface area contributed by atoms with Crippen LogP contribution in [0.1, 0.15) is 22.6 Å². The van der Waals surface area contributed by atoms with Crippen molar-refractivity contribution in [3.05, 3.63) is 65.0 Å². The number of hydrogen-bond acceptors (Lipinski definition) is 1. The minimum atomic E-state index is -0.254. The molecule has 2 aromatic carbocycles. The summed E-state index contributed by atoms with van der Waals surface area (Å²) in [6, 6.07) is 12.3. The van der Waals surface area contributed by atoms with E-state index >= 15 is 0 Å². The van der Waals surface area contributed by atoms with Crippen LogP contribution in [0.4, 0.5) is 10.1 Å². The predicted molar refractivity (Wildman–Crippen MR) is 72.7 cm³/mol. The Hall–Kier alpha value is -2.16. The molecule has 1 aliphatic rings. The Bertz CT molecular complexity index is 634. The summed E-state index contributed by atoms with van der Waals surface area (Å²) in [5.41, 5.74) is 4.01. The van der Waals surface area contributed by atoms with Gasteiger partial charge in [-0.15, -0.1) is 0 Å². The molecule has 19 heavy (non-hydrogen) atoms. The van der Waals surface area contributed by atoms with E-state index < -0.39 is 0 Å². The number of hydrogen-bond donors (Lipinski definition) is 1. The van der Waals surface area contributed by atoms with Crippen molar-refractivity contribution in [2.75, 3.05) is 5.32 Å². The van der Waals surface area contributed by atoms with Crippen LogP contribution in [0.15, 0.2) is 42.5 Å². The lowest BCUT2D eigenvalue weighted by atomic mass is 9.92. The summed E-state index contributed by atoms with van der Waals surface area (Å²) in [5.74, 6) is -0.412. The van der Waals surface area contributed by atoms with Gasteiger partial charge in [0.15, 0.2) is 0 Å². The highest BCUT2D eigenvalue weighted by Gasteiger charge is 2.31. The maximum absolute atomic E-state index is 12.9. The topological polar surface area (TPSA) is 29.1 Å². The van der Waals surface area contributed by atoms with Crippen LogP contribution in [0.5, 0.6) is 0 Å². The number of amides is 1. The van der Waals surface area contributed by atoms with Gasteiger partial charge in [-0.3, -0.25) is 4.79 Å². The van der Waals surface area contributed by atoms with Crippen molar-refractivity contribution in [3.63, 3.8) is 0 Å². The zero-order valence-corrected chi connectivity index (χ0v) is 10.6. The van der Waals surface area contributed by atoms with Gasteiger partial charge < -0.3 is 5.32 Å². The van der Waals surface area contributed by atoms with E-state index in [1.807, 2.05) is 25.1 Å². The number of fused-ring (bicyclic) bond motifs is 1. The standard InChI is InChI=1S/C16H14FNO/c1-10-3-2-4-13-14(16(19)18-15(10)13)9-11-5-7-12(17)8-6-11/h2-8,14H,9H2,1H3,(H,18,19). The van der Waals surface area contributed by atoms with Crippen molar-refractivity contribution >= 4 is 11.6 Å².